The lowest BCUT2D eigenvalue weighted by Gasteiger charge is -2.31. The predicted octanol–water partition coefficient (Wildman–Crippen LogP) is 1.94. The fourth-order valence-electron chi connectivity index (χ4n) is 2.37. The number of amides is 2. The molecule has 1 saturated heterocycles. The van der Waals surface area contributed by atoms with E-state index in [1.54, 1.807) is 11.8 Å². The SMILES string of the molecule is CCOC(=O)N1CCC(NC(=O)COc2ccc(F)cc2)CC1. The standard InChI is InChI=1S/C16H21FN2O4/c1-2-22-16(21)19-9-7-13(8-10-19)18-15(20)11-23-14-5-3-12(17)4-6-14/h3-6,13H,2,7-11H2,1H3,(H,18,20). The van der Waals surface area contributed by atoms with Crippen molar-refractivity contribution in [1.82, 2.24) is 10.2 Å². The van der Waals surface area contributed by atoms with Crippen molar-refractivity contribution in [2.24, 2.45) is 0 Å². The molecule has 0 bridgehead atoms. The number of carbonyl (C=O) groups excluding carboxylic acids is 2. The van der Waals surface area contributed by atoms with Crippen molar-refractivity contribution in [2.45, 2.75) is 25.8 Å². The summed E-state index contributed by atoms with van der Waals surface area (Å²) in [6.07, 6.45) is 1.05. The molecule has 0 aromatic heterocycles. The Bertz CT molecular complexity index is 527. The Morgan fingerprint density at radius 1 is 1.26 bits per heavy atom. The summed E-state index contributed by atoms with van der Waals surface area (Å²) in [5.41, 5.74) is 0. The molecule has 2 amide bonds. The summed E-state index contributed by atoms with van der Waals surface area (Å²) in [4.78, 5) is 25.1. The predicted molar refractivity (Wildman–Crippen MR) is 81.7 cm³/mol. The number of carbonyl (C=O) groups is 2. The van der Waals surface area contributed by atoms with E-state index in [9.17, 15) is 14.0 Å². The molecule has 0 aliphatic carbocycles. The van der Waals surface area contributed by atoms with Crippen LogP contribution in [0, 0.1) is 5.82 Å². The molecule has 1 heterocycles. The molecule has 1 N–H and O–H groups in total. The molecule has 1 aromatic rings. The Hall–Kier alpha value is -2.31. The van der Waals surface area contributed by atoms with Gasteiger partial charge in [0, 0.05) is 19.1 Å². The minimum absolute atomic E-state index is 0.0185. The van der Waals surface area contributed by atoms with Gasteiger partial charge >= 0.3 is 6.09 Å². The topological polar surface area (TPSA) is 67.9 Å². The molecule has 0 saturated carbocycles. The third kappa shape index (κ3) is 5.43. The quantitative estimate of drug-likeness (QED) is 0.899. The lowest BCUT2D eigenvalue weighted by molar-refractivity contribution is -0.124. The van der Waals surface area contributed by atoms with Crippen LogP contribution in [0.2, 0.25) is 0 Å². The summed E-state index contributed by atoms with van der Waals surface area (Å²) < 4.78 is 23.0. The van der Waals surface area contributed by atoms with Crippen LogP contribution in [-0.4, -0.2) is 49.2 Å². The Morgan fingerprint density at radius 2 is 1.91 bits per heavy atom. The zero-order valence-corrected chi connectivity index (χ0v) is 13.1. The van der Waals surface area contributed by atoms with Crippen LogP contribution < -0.4 is 10.1 Å². The molecule has 7 heteroatoms. The van der Waals surface area contributed by atoms with E-state index >= 15 is 0 Å². The van der Waals surface area contributed by atoms with Gasteiger partial charge in [0.05, 0.1) is 6.61 Å². The monoisotopic (exact) mass is 324 g/mol. The number of benzene rings is 1. The van der Waals surface area contributed by atoms with Crippen LogP contribution in [-0.2, 0) is 9.53 Å². The van der Waals surface area contributed by atoms with E-state index in [4.69, 9.17) is 9.47 Å². The molecule has 0 atom stereocenters. The van der Waals surface area contributed by atoms with Crippen LogP contribution in [0.25, 0.3) is 0 Å². The second-order valence-electron chi connectivity index (χ2n) is 5.27. The molecule has 126 valence electrons. The highest BCUT2D eigenvalue weighted by atomic mass is 19.1. The number of hydrogen-bond acceptors (Lipinski definition) is 4. The van der Waals surface area contributed by atoms with Gasteiger partial charge in [-0.25, -0.2) is 9.18 Å². The van der Waals surface area contributed by atoms with Crippen LogP contribution in [0.1, 0.15) is 19.8 Å². The average Bonchev–Trinajstić information content (AvgIpc) is 2.55. The summed E-state index contributed by atoms with van der Waals surface area (Å²) in [5.74, 6) is -0.141. The van der Waals surface area contributed by atoms with E-state index in [0.717, 1.165) is 0 Å². The van der Waals surface area contributed by atoms with Crippen molar-refractivity contribution in [1.29, 1.82) is 0 Å². The van der Waals surface area contributed by atoms with Crippen molar-refractivity contribution in [2.75, 3.05) is 26.3 Å². The van der Waals surface area contributed by atoms with E-state index < -0.39 is 0 Å². The first-order valence-corrected chi connectivity index (χ1v) is 7.68. The number of nitrogens with zero attached hydrogens (tertiary/aromatic N) is 1. The summed E-state index contributed by atoms with van der Waals surface area (Å²) in [6.45, 7) is 3.12. The first-order chi connectivity index (χ1) is 11.1. The normalized spacial score (nSPS) is 15.1. The maximum absolute atomic E-state index is 12.8. The second-order valence-corrected chi connectivity index (χ2v) is 5.27. The van der Waals surface area contributed by atoms with Gasteiger partial charge < -0.3 is 19.7 Å². The first kappa shape index (κ1) is 17.1. The van der Waals surface area contributed by atoms with E-state index in [2.05, 4.69) is 5.32 Å². The maximum atomic E-state index is 12.8. The van der Waals surface area contributed by atoms with Gasteiger partial charge in [0.1, 0.15) is 11.6 Å². The number of hydrogen-bond donors (Lipinski definition) is 1. The van der Waals surface area contributed by atoms with Crippen LogP contribution in [0.4, 0.5) is 9.18 Å². The summed E-state index contributed by atoms with van der Waals surface area (Å²) >= 11 is 0. The third-order valence-corrected chi connectivity index (χ3v) is 3.57. The molecular weight excluding hydrogens is 303 g/mol. The van der Waals surface area contributed by atoms with Crippen molar-refractivity contribution in [3.8, 4) is 5.75 Å². The van der Waals surface area contributed by atoms with Gasteiger partial charge in [0.25, 0.3) is 5.91 Å². The molecule has 0 unspecified atom stereocenters. The first-order valence-electron chi connectivity index (χ1n) is 7.68. The van der Waals surface area contributed by atoms with Crippen molar-refractivity contribution >= 4 is 12.0 Å². The zero-order valence-electron chi connectivity index (χ0n) is 13.1. The van der Waals surface area contributed by atoms with Crippen LogP contribution in [0.3, 0.4) is 0 Å². The smallest absolute Gasteiger partial charge is 0.409 e. The number of ether oxygens (including phenoxy) is 2. The lowest BCUT2D eigenvalue weighted by Crippen LogP contribution is -2.47. The number of piperidine rings is 1. The van der Waals surface area contributed by atoms with Crippen LogP contribution in [0.5, 0.6) is 5.75 Å². The molecule has 0 spiro atoms. The van der Waals surface area contributed by atoms with E-state index in [1.807, 2.05) is 0 Å². The number of rotatable bonds is 5. The maximum Gasteiger partial charge on any atom is 0.409 e. The van der Waals surface area contributed by atoms with Gasteiger partial charge in [-0.2, -0.15) is 0 Å². The number of halogens is 1. The minimum Gasteiger partial charge on any atom is -0.484 e. The summed E-state index contributed by atoms with van der Waals surface area (Å²) in [7, 11) is 0. The van der Waals surface area contributed by atoms with Gasteiger partial charge in [-0.05, 0) is 44.0 Å². The molecule has 1 aliphatic rings. The third-order valence-electron chi connectivity index (χ3n) is 3.57. The molecule has 23 heavy (non-hydrogen) atoms. The molecule has 1 aliphatic heterocycles. The molecular formula is C16H21FN2O4. The van der Waals surface area contributed by atoms with Crippen molar-refractivity contribution in [3.63, 3.8) is 0 Å². The minimum atomic E-state index is -0.352. The van der Waals surface area contributed by atoms with Gasteiger partial charge in [-0.15, -0.1) is 0 Å². The Kier molecular flexibility index (Phi) is 6.19. The number of likely N-dealkylation sites (tertiary alicyclic amines) is 1. The van der Waals surface area contributed by atoms with Crippen LogP contribution in [0.15, 0.2) is 24.3 Å². The molecule has 1 fully saturated rings. The molecule has 0 radical (unpaired) electrons. The van der Waals surface area contributed by atoms with E-state index in [0.29, 0.717) is 38.3 Å². The fourth-order valence-corrected chi connectivity index (χ4v) is 2.37. The highest BCUT2D eigenvalue weighted by Crippen LogP contribution is 2.13. The van der Waals surface area contributed by atoms with Gasteiger partial charge in [0.2, 0.25) is 0 Å². The zero-order chi connectivity index (χ0) is 16.7. The molecule has 2 rings (SSSR count). The number of nitrogens with one attached hydrogen (secondary N) is 1. The summed E-state index contributed by atoms with van der Waals surface area (Å²) in [5, 5.41) is 2.88. The Morgan fingerprint density at radius 3 is 2.52 bits per heavy atom. The Balaban J connectivity index is 1.68. The second kappa shape index (κ2) is 8.36. The molecule has 1 aromatic carbocycles. The van der Waals surface area contributed by atoms with Gasteiger partial charge in [-0.3, -0.25) is 4.79 Å². The van der Waals surface area contributed by atoms with E-state index in [1.165, 1.54) is 24.3 Å². The summed E-state index contributed by atoms with van der Waals surface area (Å²) in [6, 6.07) is 5.52. The average molecular weight is 324 g/mol. The molecule has 6 nitrogen and oxygen atoms in total. The highest BCUT2D eigenvalue weighted by Gasteiger charge is 2.24. The lowest BCUT2D eigenvalue weighted by atomic mass is 10.1. The van der Waals surface area contributed by atoms with Gasteiger partial charge in [0.15, 0.2) is 6.61 Å². The highest BCUT2D eigenvalue weighted by molar-refractivity contribution is 5.77. The van der Waals surface area contributed by atoms with Crippen molar-refractivity contribution < 1.29 is 23.5 Å². The van der Waals surface area contributed by atoms with Crippen LogP contribution >= 0.6 is 0 Å². The van der Waals surface area contributed by atoms with Gasteiger partial charge in [-0.1, -0.05) is 0 Å². The van der Waals surface area contributed by atoms with Crippen molar-refractivity contribution in [3.05, 3.63) is 30.1 Å². The largest absolute Gasteiger partial charge is 0.484 e. The van der Waals surface area contributed by atoms with E-state index in [-0.39, 0.29) is 30.5 Å². The Labute approximate surface area is 134 Å². The fraction of sp³-hybridized carbons (Fsp3) is 0.500.